The first-order valence-corrected chi connectivity index (χ1v) is 12.2. The lowest BCUT2D eigenvalue weighted by Crippen LogP contribution is -2.62. The Morgan fingerprint density at radius 3 is 2.70 bits per heavy atom. The van der Waals surface area contributed by atoms with E-state index in [1.807, 2.05) is 19.9 Å². The summed E-state index contributed by atoms with van der Waals surface area (Å²) in [5, 5.41) is 14.3. The van der Waals surface area contributed by atoms with Crippen LogP contribution in [0.5, 0.6) is 0 Å². The van der Waals surface area contributed by atoms with Crippen LogP contribution in [0.1, 0.15) is 20.3 Å². The normalized spacial score (nSPS) is 28.8. The lowest BCUT2D eigenvalue weighted by atomic mass is 9.95. The highest BCUT2D eigenvalue weighted by molar-refractivity contribution is 5.94. The summed E-state index contributed by atoms with van der Waals surface area (Å²) in [4.78, 5) is 18.4. The van der Waals surface area contributed by atoms with E-state index < -0.39 is 18.0 Å². The van der Waals surface area contributed by atoms with E-state index >= 15 is 0 Å². The number of nitrogens with zero attached hydrogens (tertiary/aromatic N) is 6. The third-order valence-electron chi connectivity index (χ3n) is 6.88. The minimum absolute atomic E-state index is 0.0613. The minimum Gasteiger partial charge on any atom is -0.404 e. The number of alkyl halides is 3. The highest BCUT2D eigenvalue weighted by atomic mass is 19.4. The summed E-state index contributed by atoms with van der Waals surface area (Å²) in [6, 6.07) is -0.264. The molecule has 2 saturated heterocycles. The van der Waals surface area contributed by atoms with Crippen LogP contribution in [0.25, 0.3) is 0 Å². The number of fused-ring (bicyclic) bond motifs is 1. The smallest absolute Gasteiger partial charge is 0.404 e. The fourth-order valence-corrected chi connectivity index (χ4v) is 4.72. The average molecular weight is 519 g/mol. The molecule has 0 aromatic rings. The van der Waals surface area contributed by atoms with Crippen LogP contribution in [0.3, 0.4) is 0 Å². The van der Waals surface area contributed by atoms with Crippen LogP contribution >= 0.6 is 0 Å². The highest BCUT2D eigenvalue weighted by Crippen LogP contribution is 2.31. The average Bonchev–Trinajstić information content (AvgIpc) is 3.24. The Morgan fingerprint density at radius 2 is 2.11 bits per heavy atom. The summed E-state index contributed by atoms with van der Waals surface area (Å²) in [5.41, 5.74) is 6.07. The molecule has 4 atom stereocenters. The van der Waals surface area contributed by atoms with Gasteiger partial charge >= 0.3 is 6.18 Å². The second kappa shape index (κ2) is 10.8. The number of halogens is 3. The zero-order chi connectivity index (χ0) is 26.7. The maximum Gasteiger partial charge on any atom is 0.434 e. The predicted molar refractivity (Wildman–Crippen MR) is 139 cm³/mol. The van der Waals surface area contributed by atoms with E-state index in [4.69, 9.17) is 16.1 Å². The number of aliphatic imine (C=N–C) groups is 3. The molecule has 5 N–H and O–H groups in total. The molecule has 37 heavy (non-hydrogen) atoms. The second-order valence-electron chi connectivity index (χ2n) is 9.37. The summed E-state index contributed by atoms with van der Waals surface area (Å²) < 4.78 is 39.8. The molecule has 4 heterocycles. The maximum atomic E-state index is 13.3. The van der Waals surface area contributed by atoms with Crippen molar-refractivity contribution in [2.75, 3.05) is 26.2 Å². The molecule has 0 aliphatic carbocycles. The van der Waals surface area contributed by atoms with Gasteiger partial charge in [0.05, 0.1) is 18.3 Å². The van der Waals surface area contributed by atoms with Gasteiger partial charge in [0, 0.05) is 74.4 Å². The van der Waals surface area contributed by atoms with E-state index in [1.54, 1.807) is 6.20 Å². The summed E-state index contributed by atoms with van der Waals surface area (Å²) in [6.07, 6.45) is 4.49. The predicted octanol–water partition coefficient (Wildman–Crippen LogP) is 1.74. The van der Waals surface area contributed by atoms with Crippen LogP contribution in [0.2, 0.25) is 0 Å². The second-order valence-corrected chi connectivity index (χ2v) is 9.37. The number of amidine groups is 1. The zero-order valence-electron chi connectivity index (χ0n) is 20.9. The first-order valence-electron chi connectivity index (χ1n) is 12.2. The Labute approximate surface area is 214 Å². The van der Waals surface area contributed by atoms with Crippen molar-refractivity contribution in [3.63, 3.8) is 0 Å². The number of hydrogen-bond acceptors (Lipinski definition) is 9. The topological polar surface area (TPSA) is 121 Å². The molecule has 200 valence electrons. The molecule has 0 radical (unpaired) electrons. The van der Waals surface area contributed by atoms with Gasteiger partial charge in [0.25, 0.3) is 0 Å². The number of hydrogen-bond donors (Lipinski definition) is 4. The molecule has 10 nitrogen and oxygen atoms in total. The molecule has 4 unspecified atom stereocenters. The van der Waals surface area contributed by atoms with E-state index in [-0.39, 0.29) is 24.7 Å². The third kappa shape index (κ3) is 5.55. The van der Waals surface area contributed by atoms with Crippen LogP contribution in [0.4, 0.5) is 13.2 Å². The Bertz CT molecular complexity index is 1080. The van der Waals surface area contributed by atoms with Gasteiger partial charge in [0.15, 0.2) is 5.70 Å². The number of likely N-dealkylation sites (tertiary alicyclic amines) is 1. The highest BCUT2D eigenvalue weighted by Gasteiger charge is 2.39. The van der Waals surface area contributed by atoms with Crippen LogP contribution < -0.4 is 16.4 Å². The third-order valence-corrected chi connectivity index (χ3v) is 6.88. The van der Waals surface area contributed by atoms with Crippen LogP contribution in [-0.2, 0) is 0 Å². The van der Waals surface area contributed by atoms with Crippen molar-refractivity contribution in [2.45, 2.75) is 50.7 Å². The largest absolute Gasteiger partial charge is 0.434 e. The van der Waals surface area contributed by atoms with Crippen molar-refractivity contribution >= 4 is 25.0 Å². The van der Waals surface area contributed by atoms with Crippen molar-refractivity contribution in [3.05, 3.63) is 47.5 Å². The first kappa shape index (κ1) is 26.5. The molecule has 4 aliphatic rings. The molecule has 0 amide bonds. The first-order chi connectivity index (χ1) is 17.7. The fraction of sp³-hybridized carbons (Fsp3) is 0.500. The molecule has 13 heteroatoms. The lowest BCUT2D eigenvalue weighted by molar-refractivity contribution is -0.0937. The monoisotopic (exact) mass is 518 g/mol. The molecule has 0 spiro atoms. The van der Waals surface area contributed by atoms with Gasteiger partial charge in [-0.05, 0) is 27.0 Å². The van der Waals surface area contributed by atoms with Crippen molar-refractivity contribution in [2.24, 2.45) is 20.7 Å². The molecule has 0 bridgehead atoms. The number of allylic oxidation sites excluding steroid dienone is 1. The molecular weight excluding hydrogens is 485 g/mol. The Hall–Kier alpha value is -3.61. The molecule has 0 aromatic heterocycles. The van der Waals surface area contributed by atoms with Gasteiger partial charge < -0.3 is 36.5 Å². The molecule has 0 aromatic carbocycles. The van der Waals surface area contributed by atoms with Gasteiger partial charge in [-0.15, -0.1) is 0 Å². The van der Waals surface area contributed by atoms with E-state index in [0.717, 1.165) is 25.7 Å². The van der Waals surface area contributed by atoms with E-state index in [1.165, 1.54) is 23.5 Å². The van der Waals surface area contributed by atoms with E-state index in [9.17, 15) is 13.2 Å². The number of rotatable bonds is 7. The van der Waals surface area contributed by atoms with Crippen molar-refractivity contribution in [1.29, 1.82) is 5.41 Å². The van der Waals surface area contributed by atoms with Crippen LogP contribution in [-0.4, -0.2) is 96.3 Å². The summed E-state index contributed by atoms with van der Waals surface area (Å²) in [6.45, 7) is 10.3. The van der Waals surface area contributed by atoms with Gasteiger partial charge in [-0.25, -0.2) is 4.99 Å². The van der Waals surface area contributed by atoms with Gasteiger partial charge in [-0.1, -0.05) is 0 Å². The quantitative estimate of drug-likeness (QED) is 0.301. The lowest BCUT2D eigenvalue weighted by Gasteiger charge is -2.45. The summed E-state index contributed by atoms with van der Waals surface area (Å²) in [7, 11) is 0. The molecule has 4 rings (SSSR count). The van der Waals surface area contributed by atoms with Crippen molar-refractivity contribution < 1.29 is 13.2 Å². The zero-order valence-corrected chi connectivity index (χ0v) is 20.9. The van der Waals surface area contributed by atoms with Gasteiger partial charge in [0.2, 0.25) is 0 Å². The van der Waals surface area contributed by atoms with Crippen LogP contribution in [0.15, 0.2) is 62.4 Å². The number of nitrogens with one attached hydrogen (secondary N) is 3. The van der Waals surface area contributed by atoms with E-state index in [2.05, 4.69) is 37.1 Å². The Morgan fingerprint density at radius 1 is 1.35 bits per heavy atom. The summed E-state index contributed by atoms with van der Waals surface area (Å²) >= 11 is 0. The molecule has 2 fully saturated rings. The van der Waals surface area contributed by atoms with Gasteiger partial charge in [0.1, 0.15) is 17.8 Å². The number of piperazine rings is 1. The molecule has 4 aliphatic heterocycles. The standard InChI is InChI=1S/C24H33F3N10/c1-15-13-36(16(2)23(34-15)17(8-28)9-29)21(7-20(30-3)35-5-4-6-35)32-10-18-11-33-22-12-31-19(14-37(18)22)24(25,26)27/h7-9,11-12,14-16,22-23,28,33-34H,3-6,10,13,29H2,1-2H3/b17-9+,20-7+,28-8?,32-21?. The molecular formula is C24H33F3N10. The molecule has 0 saturated carbocycles. The van der Waals surface area contributed by atoms with Gasteiger partial charge in [-0.3, -0.25) is 9.98 Å². The minimum atomic E-state index is -4.54. The van der Waals surface area contributed by atoms with Crippen molar-refractivity contribution in [3.8, 4) is 0 Å². The maximum absolute atomic E-state index is 13.3. The van der Waals surface area contributed by atoms with Crippen molar-refractivity contribution in [1.82, 2.24) is 25.3 Å². The summed E-state index contributed by atoms with van der Waals surface area (Å²) in [5.74, 6) is 1.33. The van der Waals surface area contributed by atoms with Crippen LogP contribution in [0, 0.1) is 5.41 Å². The van der Waals surface area contributed by atoms with E-state index in [0.29, 0.717) is 29.5 Å². The van der Waals surface area contributed by atoms with Gasteiger partial charge in [-0.2, -0.15) is 13.2 Å². The Balaban J connectivity index is 1.66. The number of nitrogens with two attached hydrogens (primary N) is 1. The fourth-order valence-electron chi connectivity index (χ4n) is 4.72. The Kier molecular flexibility index (Phi) is 7.71. The SMILES string of the molecule is C=N/C(=C\C(=NCC1=CNC2C=NC(C(F)(F)F)=CN12)N1CC(C)NC(/C(C=N)=C/N)C1C)N1CCC1.